The van der Waals surface area contributed by atoms with Gasteiger partial charge in [0.1, 0.15) is 0 Å². The Labute approximate surface area is 104 Å². The Balaban J connectivity index is 1.94. The molecule has 1 fully saturated rings. The summed E-state index contributed by atoms with van der Waals surface area (Å²) in [7, 11) is 0. The van der Waals surface area contributed by atoms with Gasteiger partial charge in [0.15, 0.2) is 0 Å². The molecule has 2 aliphatic carbocycles. The summed E-state index contributed by atoms with van der Waals surface area (Å²) in [6, 6.07) is 0.331. The first-order valence-electron chi connectivity index (χ1n) is 6.93. The van der Waals surface area contributed by atoms with Crippen LogP contribution < -0.4 is 11.1 Å². The van der Waals surface area contributed by atoms with Gasteiger partial charge in [-0.3, -0.25) is 4.79 Å². The van der Waals surface area contributed by atoms with Gasteiger partial charge in [0, 0.05) is 12.6 Å². The number of amides is 1. The SMILES string of the molecule is NCC1(C(=O)NC2CC=CCC2)CCCCC1. The molecule has 0 spiro atoms. The number of nitrogens with one attached hydrogen (secondary N) is 1. The Kier molecular flexibility index (Phi) is 4.21. The first-order valence-corrected chi connectivity index (χ1v) is 6.93. The van der Waals surface area contributed by atoms with Crippen LogP contribution in [-0.4, -0.2) is 18.5 Å². The van der Waals surface area contributed by atoms with Crippen LogP contribution in [0, 0.1) is 5.41 Å². The predicted molar refractivity (Wildman–Crippen MR) is 69.5 cm³/mol. The summed E-state index contributed by atoms with van der Waals surface area (Å²) in [5.41, 5.74) is 5.60. The lowest BCUT2D eigenvalue weighted by Gasteiger charge is -2.36. The van der Waals surface area contributed by atoms with Crippen LogP contribution in [0.15, 0.2) is 12.2 Å². The van der Waals surface area contributed by atoms with Gasteiger partial charge in [0.2, 0.25) is 5.91 Å². The van der Waals surface area contributed by atoms with Crippen LogP contribution in [0.4, 0.5) is 0 Å². The molecule has 0 bridgehead atoms. The molecule has 1 atom stereocenters. The number of nitrogens with two attached hydrogens (primary N) is 1. The number of allylic oxidation sites excluding steroid dienone is 1. The molecule has 0 radical (unpaired) electrons. The van der Waals surface area contributed by atoms with E-state index in [0.717, 1.165) is 44.9 Å². The summed E-state index contributed by atoms with van der Waals surface area (Å²) in [5, 5.41) is 3.21. The molecular formula is C14H24N2O. The van der Waals surface area contributed by atoms with Crippen molar-refractivity contribution in [1.29, 1.82) is 0 Å². The molecule has 0 aromatic rings. The maximum absolute atomic E-state index is 12.4. The fraction of sp³-hybridized carbons (Fsp3) is 0.786. The fourth-order valence-corrected chi connectivity index (χ4v) is 3.02. The Morgan fingerprint density at radius 2 is 2.06 bits per heavy atom. The first-order chi connectivity index (χ1) is 8.27. The summed E-state index contributed by atoms with van der Waals surface area (Å²) in [6.07, 6.45) is 13.0. The van der Waals surface area contributed by atoms with E-state index in [1.54, 1.807) is 0 Å². The highest BCUT2D eigenvalue weighted by atomic mass is 16.2. The molecule has 0 aliphatic heterocycles. The molecule has 3 heteroatoms. The number of hydrogen-bond donors (Lipinski definition) is 2. The van der Waals surface area contributed by atoms with Gasteiger partial charge in [-0.15, -0.1) is 0 Å². The number of carbonyl (C=O) groups excluding carboxylic acids is 1. The first kappa shape index (κ1) is 12.6. The topological polar surface area (TPSA) is 55.1 Å². The molecule has 2 aliphatic rings. The van der Waals surface area contributed by atoms with E-state index in [1.165, 1.54) is 6.42 Å². The van der Waals surface area contributed by atoms with Crippen molar-refractivity contribution in [3.8, 4) is 0 Å². The normalized spacial score (nSPS) is 27.7. The maximum Gasteiger partial charge on any atom is 0.227 e. The monoisotopic (exact) mass is 236 g/mol. The summed E-state index contributed by atoms with van der Waals surface area (Å²) < 4.78 is 0. The van der Waals surface area contributed by atoms with Crippen LogP contribution in [0.25, 0.3) is 0 Å². The lowest BCUT2D eigenvalue weighted by atomic mass is 9.73. The van der Waals surface area contributed by atoms with E-state index in [2.05, 4.69) is 17.5 Å². The van der Waals surface area contributed by atoms with E-state index >= 15 is 0 Å². The van der Waals surface area contributed by atoms with Crippen molar-refractivity contribution in [1.82, 2.24) is 5.32 Å². The highest BCUT2D eigenvalue weighted by Gasteiger charge is 2.38. The van der Waals surface area contributed by atoms with Crippen LogP contribution >= 0.6 is 0 Å². The van der Waals surface area contributed by atoms with E-state index < -0.39 is 0 Å². The molecule has 1 saturated carbocycles. The van der Waals surface area contributed by atoms with Crippen LogP contribution in [0.1, 0.15) is 51.4 Å². The maximum atomic E-state index is 12.4. The Morgan fingerprint density at radius 1 is 1.29 bits per heavy atom. The average molecular weight is 236 g/mol. The molecule has 0 aromatic carbocycles. The van der Waals surface area contributed by atoms with E-state index in [-0.39, 0.29) is 11.3 Å². The summed E-state index contributed by atoms with van der Waals surface area (Å²) in [5.74, 6) is 0.208. The second-order valence-electron chi connectivity index (χ2n) is 5.50. The van der Waals surface area contributed by atoms with E-state index in [0.29, 0.717) is 12.6 Å². The molecule has 17 heavy (non-hydrogen) atoms. The summed E-state index contributed by atoms with van der Waals surface area (Å²) >= 11 is 0. The zero-order valence-electron chi connectivity index (χ0n) is 10.6. The van der Waals surface area contributed by atoms with Gasteiger partial charge in [0.25, 0.3) is 0 Å². The van der Waals surface area contributed by atoms with E-state index in [4.69, 9.17) is 5.73 Å². The summed E-state index contributed by atoms with van der Waals surface area (Å²) in [6.45, 7) is 0.501. The molecule has 96 valence electrons. The van der Waals surface area contributed by atoms with Crippen molar-refractivity contribution in [2.75, 3.05) is 6.54 Å². The minimum Gasteiger partial charge on any atom is -0.353 e. The average Bonchev–Trinajstić information content (AvgIpc) is 2.40. The van der Waals surface area contributed by atoms with Gasteiger partial charge in [-0.05, 0) is 32.1 Å². The van der Waals surface area contributed by atoms with Gasteiger partial charge < -0.3 is 11.1 Å². The third kappa shape index (κ3) is 2.89. The quantitative estimate of drug-likeness (QED) is 0.737. The molecule has 3 N–H and O–H groups in total. The van der Waals surface area contributed by atoms with Crippen molar-refractivity contribution < 1.29 is 4.79 Å². The molecular weight excluding hydrogens is 212 g/mol. The fourth-order valence-electron chi connectivity index (χ4n) is 3.02. The summed E-state index contributed by atoms with van der Waals surface area (Å²) in [4.78, 5) is 12.4. The zero-order valence-corrected chi connectivity index (χ0v) is 10.6. The number of hydrogen-bond acceptors (Lipinski definition) is 2. The van der Waals surface area contributed by atoms with Crippen molar-refractivity contribution >= 4 is 5.91 Å². The molecule has 0 heterocycles. The highest BCUT2D eigenvalue weighted by molar-refractivity contribution is 5.83. The predicted octanol–water partition coefficient (Wildman–Crippen LogP) is 2.12. The van der Waals surface area contributed by atoms with E-state index in [1.807, 2.05) is 0 Å². The van der Waals surface area contributed by atoms with Gasteiger partial charge in [-0.2, -0.15) is 0 Å². The number of carbonyl (C=O) groups is 1. The Bertz CT molecular complexity index is 293. The lowest BCUT2D eigenvalue weighted by Crippen LogP contribution is -2.50. The Morgan fingerprint density at radius 3 is 2.65 bits per heavy atom. The smallest absolute Gasteiger partial charge is 0.227 e. The molecule has 0 saturated heterocycles. The van der Waals surface area contributed by atoms with Crippen molar-refractivity contribution in [2.24, 2.45) is 11.1 Å². The molecule has 0 aromatic heterocycles. The third-order valence-electron chi connectivity index (χ3n) is 4.29. The van der Waals surface area contributed by atoms with Gasteiger partial charge in [-0.25, -0.2) is 0 Å². The minimum atomic E-state index is -0.264. The molecule has 2 rings (SSSR count). The molecule has 3 nitrogen and oxygen atoms in total. The van der Waals surface area contributed by atoms with Crippen LogP contribution in [0.5, 0.6) is 0 Å². The highest BCUT2D eigenvalue weighted by Crippen LogP contribution is 2.35. The Hall–Kier alpha value is -0.830. The lowest BCUT2D eigenvalue weighted by molar-refractivity contribution is -0.133. The number of rotatable bonds is 3. The van der Waals surface area contributed by atoms with Crippen molar-refractivity contribution in [3.63, 3.8) is 0 Å². The van der Waals surface area contributed by atoms with Crippen LogP contribution in [0.2, 0.25) is 0 Å². The second kappa shape index (κ2) is 5.67. The van der Waals surface area contributed by atoms with Crippen molar-refractivity contribution in [3.05, 3.63) is 12.2 Å². The van der Waals surface area contributed by atoms with Gasteiger partial charge in [0.05, 0.1) is 5.41 Å². The van der Waals surface area contributed by atoms with Gasteiger partial charge >= 0.3 is 0 Å². The van der Waals surface area contributed by atoms with Gasteiger partial charge in [-0.1, -0.05) is 31.4 Å². The largest absolute Gasteiger partial charge is 0.353 e. The second-order valence-corrected chi connectivity index (χ2v) is 5.50. The third-order valence-corrected chi connectivity index (χ3v) is 4.29. The van der Waals surface area contributed by atoms with Crippen LogP contribution in [-0.2, 0) is 4.79 Å². The minimum absolute atomic E-state index is 0.208. The molecule has 1 amide bonds. The van der Waals surface area contributed by atoms with E-state index in [9.17, 15) is 4.79 Å². The standard InChI is InChI=1S/C14H24N2O/c15-11-14(9-5-2-6-10-14)13(17)16-12-7-3-1-4-8-12/h1,3,12H,2,4-11,15H2,(H,16,17). The van der Waals surface area contributed by atoms with Crippen LogP contribution in [0.3, 0.4) is 0 Å². The van der Waals surface area contributed by atoms with Crippen molar-refractivity contribution in [2.45, 2.75) is 57.4 Å². The molecule has 1 unspecified atom stereocenters. The zero-order chi connectivity index (χ0) is 12.1.